The van der Waals surface area contributed by atoms with E-state index >= 15 is 0 Å². The van der Waals surface area contributed by atoms with Gasteiger partial charge in [-0.3, -0.25) is 9.88 Å². The van der Waals surface area contributed by atoms with Crippen molar-refractivity contribution in [2.45, 2.75) is 32.7 Å². The van der Waals surface area contributed by atoms with Gasteiger partial charge in [-0.25, -0.2) is 4.79 Å². The molecule has 6 nitrogen and oxygen atoms in total. The quantitative estimate of drug-likeness (QED) is 0.510. The number of aliphatic hydroxyl groups excluding tert-OH is 1. The van der Waals surface area contributed by atoms with E-state index in [1.807, 2.05) is 37.2 Å². The Morgan fingerprint density at radius 1 is 1.10 bits per heavy atom. The van der Waals surface area contributed by atoms with Crippen molar-refractivity contribution in [1.82, 2.24) is 9.88 Å². The van der Waals surface area contributed by atoms with Crippen LogP contribution in [0.4, 0.5) is 0 Å². The minimum absolute atomic E-state index is 0.103. The highest BCUT2D eigenvalue weighted by molar-refractivity contribution is 5.96. The van der Waals surface area contributed by atoms with Crippen LogP contribution in [-0.2, 0) is 19.4 Å². The molecule has 154 valence electrons. The molecule has 0 saturated carbocycles. The van der Waals surface area contributed by atoms with Crippen LogP contribution in [-0.4, -0.2) is 35.2 Å². The molecule has 0 bridgehead atoms. The summed E-state index contributed by atoms with van der Waals surface area (Å²) in [6.07, 6.45) is 5.06. The monoisotopic (exact) mass is 404 g/mol. The van der Waals surface area contributed by atoms with Crippen LogP contribution in [0.2, 0.25) is 0 Å². The van der Waals surface area contributed by atoms with Gasteiger partial charge in [0.2, 0.25) is 0 Å². The third kappa shape index (κ3) is 3.22. The zero-order valence-corrected chi connectivity index (χ0v) is 17.2. The molecule has 0 fully saturated rings. The summed E-state index contributed by atoms with van der Waals surface area (Å²) in [4.78, 5) is 18.8. The standard InChI is InChI=1S/C24H24N2O4/c1-14-24-18(17(12-25-14)13-26(2)6-7-27)10-22(30-24)20-11-23(28)29-21-9-16-5-3-4-15(16)8-19(20)21/h8-12,27H,3-7,13H2,1-2H3. The van der Waals surface area contributed by atoms with Gasteiger partial charge in [-0.15, -0.1) is 0 Å². The van der Waals surface area contributed by atoms with Gasteiger partial charge in [-0.2, -0.15) is 0 Å². The molecule has 6 heteroatoms. The molecule has 3 heterocycles. The maximum Gasteiger partial charge on any atom is 0.336 e. The highest BCUT2D eigenvalue weighted by atomic mass is 16.4. The maximum atomic E-state index is 12.3. The van der Waals surface area contributed by atoms with Gasteiger partial charge in [0.25, 0.3) is 0 Å². The number of aliphatic hydroxyl groups is 1. The fourth-order valence-electron chi connectivity index (χ4n) is 4.43. The number of benzene rings is 1. The first kappa shape index (κ1) is 19.0. The van der Waals surface area contributed by atoms with Crippen LogP contribution < -0.4 is 5.63 Å². The number of hydrogen-bond donors (Lipinski definition) is 1. The van der Waals surface area contributed by atoms with Gasteiger partial charge in [0, 0.05) is 41.7 Å². The second-order valence-corrected chi connectivity index (χ2v) is 8.13. The first-order valence-electron chi connectivity index (χ1n) is 10.3. The Morgan fingerprint density at radius 3 is 2.70 bits per heavy atom. The lowest BCUT2D eigenvalue weighted by Gasteiger charge is -2.15. The number of rotatable bonds is 5. The first-order chi connectivity index (χ1) is 14.5. The van der Waals surface area contributed by atoms with Crippen LogP contribution in [0.25, 0.3) is 33.3 Å². The van der Waals surface area contributed by atoms with E-state index in [0.717, 1.165) is 52.4 Å². The number of aryl methyl sites for hydroxylation is 3. The molecule has 30 heavy (non-hydrogen) atoms. The van der Waals surface area contributed by atoms with Crippen LogP contribution in [0.5, 0.6) is 0 Å². The summed E-state index contributed by atoms with van der Waals surface area (Å²) in [5, 5.41) is 11.1. The fraction of sp³-hybridized carbons (Fsp3) is 0.333. The highest BCUT2D eigenvalue weighted by Gasteiger charge is 2.19. The third-order valence-corrected chi connectivity index (χ3v) is 5.97. The third-order valence-electron chi connectivity index (χ3n) is 5.97. The van der Waals surface area contributed by atoms with Crippen molar-refractivity contribution >= 4 is 21.9 Å². The molecule has 0 atom stereocenters. The number of nitrogens with zero attached hydrogens (tertiary/aromatic N) is 2. The smallest absolute Gasteiger partial charge is 0.336 e. The summed E-state index contributed by atoms with van der Waals surface area (Å²) in [5.74, 6) is 0.642. The molecule has 0 spiro atoms. The van der Waals surface area contributed by atoms with Gasteiger partial charge in [-0.1, -0.05) is 0 Å². The Labute approximate surface area is 173 Å². The van der Waals surface area contributed by atoms with Crippen LogP contribution in [0.1, 0.15) is 28.8 Å². The SMILES string of the molecule is Cc1ncc(CN(C)CCO)c2cc(-c3cc(=O)oc4cc5c(cc34)CCC5)oc12. The zero-order chi connectivity index (χ0) is 20.8. The summed E-state index contributed by atoms with van der Waals surface area (Å²) in [6, 6.07) is 7.66. The van der Waals surface area contributed by atoms with E-state index in [1.165, 1.54) is 17.2 Å². The van der Waals surface area contributed by atoms with Gasteiger partial charge >= 0.3 is 5.63 Å². The molecule has 4 aromatic rings. The lowest BCUT2D eigenvalue weighted by atomic mass is 10.0. The Balaban J connectivity index is 1.69. The van der Waals surface area contributed by atoms with Crippen molar-refractivity contribution in [3.63, 3.8) is 0 Å². The van der Waals surface area contributed by atoms with Gasteiger partial charge < -0.3 is 13.9 Å². The average molecular weight is 404 g/mol. The number of aromatic nitrogens is 1. The second-order valence-electron chi connectivity index (χ2n) is 8.13. The molecule has 0 radical (unpaired) electrons. The fourth-order valence-corrected chi connectivity index (χ4v) is 4.43. The Morgan fingerprint density at radius 2 is 1.90 bits per heavy atom. The zero-order valence-electron chi connectivity index (χ0n) is 17.2. The van der Waals surface area contributed by atoms with Crippen molar-refractivity contribution in [3.05, 3.63) is 63.3 Å². The molecule has 5 rings (SSSR count). The predicted molar refractivity (Wildman–Crippen MR) is 116 cm³/mol. The van der Waals surface area contributed by atoms with E-state index in [-0.39, 0.29) is 12.2 Å². The number of hydrogen-bond acceptors (Lipinski definition) is 6. The van der Waals surface area contributed by atoms with Gasteiger partial charge in [0.15, 0.2) is 5.58 Å². The topological polar surface area (TPSA) is 79.7 Å². The van der Waals surface area contributed by atoms with Gasteiger partial charge in [-0.05, 0) is 68.1 Å². The van der Waals surface area contributed by atoms with E-state index in [9.17, 15) is 9.90 Å². The Kier molecular flexibility index (Phi) is 4.68. The summed E-state index contributed by atoms with van der Waals surface area (Å²) in [7, 11) is 1.96. The predicted octanol–water partition coefficient (Wildman–Crippen LogP) is 3.82. The van der Waals surface area contributed by atoms with Crippen LogP contribution >= 0.6 is 0 Å². The normalized spacial score (nSPS) is 13.6. The van der Waals surface area contributed by atoms with Crippen molar-refractivity contribution in [2.24, 2.45) is 0 Å². The lowest BCUT2D eigenvalue weighted by Crippen LogP contribution is -2.21. The van der Waals surface area contributed by atoms with Crippen molar-refractivity contribution in [2.75, 3.05) is 20.2 Å². The Bertz CT molecular complexity index is 1320. The minimum Gasteiger partial charge on any atom is -0.454 e. The minimum atomic E-state index is -0.381. The molecule has 0 amide bonds. The number of fused-ring (bicyclic) bond motifs is 3. The molecule has 1 N–H and O–H groups in total. The van der Waals surface area contributed by atoms with Gasteiger partial charge in [0.05, 0.1) is 12.3 Å². The van der Waals surface area contributed by atoms with E-state index < -0.39 is 0 Å². The number of pyridine rings is 1. The maximum absolute atomic E-state index is 12.3. The molecule has 3 aromatic heterocycles. The average Bonchev–Trinajstić information content (AvgIpc) is 3.35. The summed E-state index contributed by atoms with van der Waals surface area (Å²) >= 11 is 0. The lowest BCUT2D eigenvalue weighted by molar-refractivity contribution is 0.217. The molecular weight excluding hydrogens is 380 g/mol. The summed E-state index contributed by atoms with van der Waals surface area (Å²) in [6.45, 7) is 3.25. The Hall–Kier alpha value is -2.96. The van der Waals surface area contributed by atoms with Gasteiger partial charge in [0.1, 0.15) is 11.3 Å². The molecule has 1 aromatic carbocycles. The molecule has 1 aliphatic rings. The summed E-state index contributed by atoms with van der Waals surface area (Å²) in [5.41, 5.74) is 6.11. The molecule has 1 aliphatic carbocycles. The van der Waals surface area contributed by atoms with Crippen LogP contribution in [0, 0.1) is 6.92 Å². The van der Waals surface area contributed by atoms with Crippen molar-refractivity contribution in [1.29, 1.82) is 0 Å². The second kappa shape index (κ2) is 7.38. The van der Waals surface area contributed by atoms with E-state index in [1.54, 1.807) is 0 Å². The van der Waals surface area contributed by atoms with E-state index in [2.05, 4.69) is 11.1 Å². The number of likely N-dealkylation sites (N-methyl/N-ethyl adjacent to an activating group) is 1. The van der Waals surface area contributed by atoms with Crippen molar-refractivity contribution < 1.29 is 13.9 Å². The van der Waals surface area contributed by atoms with Crippen LogP contribution in [0.15, 0.2) is 44.1 Å². The first-order valence-corrected chi connectivity index (χ1v) is 10.3. The summed E-state index contributed by atoms with van der Waals surface area (Å²) < 4.78 is 11.7. The van der Waals surface area contributed by atoms with Crippen LogP contribution in [0.3, 0.4) is 0 Å². The van der Waals surface area contributed by atoms with E-state index in [0.29, 0.717) is 24.4 Å². The highest BCUT2D eigenvalue weighted by Crippen LogP contribution is 2.36. The van der Waals surface area contributed by atoms with E-state index in [4.69, 9.17) is 8.83 Å². The molecule has 0 unspecified atom stereocenters. The largest absolute Gasteiger partial charge is 0.454 e. The molecular formula is C24H24N2O4. The number of furan rings is 1. The van der Waals surface area contributed by atoms with Crippen molar-refractivity contribution in [3.8, 4) is 11.3 Å². The molecule has 0 aliphatic heterocycles. The molecule has 0 saturated heterocycles.